The first-order chi connectivity index (χ1) is 16.4. The number of carbonyl (C=O) groups excluding carboxylic acids is 1. The zero-order chi connectivity index (χ0) is 24.2. The summed E-state index contributed by atoms with van der Waals surface area (Å²) in [4.78, 5) is 41.9. The van der Waals surface area contributed by atoms with Crippen LogP contribution in [0.2, 0.25) is 0 Å². The average Bonchev–Trinajstić information content (AvgIpc) is 3.54. The molecule has 0 atom stereocenters. The molecule has 1 saturated carbocycles. The maximum Gasteiger partial charge on any atom is 0.328 e. The number of aliphatic carboxylic acids is 2. The van der Waals surface area contributed by atoms with Gasteiger partial charge < -0.3 is 24.7 Å². The fourth-order valence-corrected chi connectivity index (χ4v) is 4.90. The molecule has 3 aromatic rings. The lowest BCUT2D eigenvalue weighted by Crippen LogP contribution is -2.37. The second-order valence-electron chi connectivity index (χ2n) is 8.61. The predicted molar refractivity (Wildman–Crippen MR) is 126 cm³/mol. The van der Waals surface area contributed by atoms with E-state index in [4.69, 9.17) is 10.2 Å². The van der Waals surface area contributed by atoms with Gasteiger partial charge in [0.1, 0.15) is 0 Å². The zero-order valence-corrected chi connectivity index (χ0v) is 19.0. The number of hydrogen-bond acceptors (Lipinski definition) is 4. The predicted octanol–water partition coefficient (Wildman–Crippen LogP) is 3.70. The number of aryl methyl sites for hydroxylation is 1. The Morgan fingerprint density at radius 3 is 2.44 bits per heavy atom. The maximum atomic E-state index is 13.4. The minimum atomic E-state index is -1.26. The number of H-pyrrole nitrogens is 1. The van der Waals surface area contributed by atoms with E-state index in [1.54, 1.807) is 6.33 Å². The highest BCUT2D eigenvalue weighted by Gasteiger charge is 2.33. The van der Waals surface area contributed by atoms with E-state index in [-0.39, 0.29) is 5.91 Å². The summed E-state index contributed by atoms with van der Waals surface area (Å²) in [7, 11) is 0. The van der Waals surface area contributed by atoms with Gasteiger partial charge in [0.25, 0.3) is 5.91 Å². The molecular formula is C25H28N4O5. The van der Waals surface area contributed by atoms with Crippen LogP contribution in [-0.4, -0.2) is 54.0 Å². The van der Waals surface area contributed by atoms with Gasteiger partial charge in [0, 0.05) is 53.5 Å². The smallest absolute Gasteiger partial charge is 0.328 e. The number of amides is 1. The van der Waals surface area contributed by atoms with Crippen molar-refractivity contribution in [2.75, 3.05) is 6.54 Å². The first-order valence-corrected chi connectivity index (χ1v) is 11.4. The fraction of sp³-hybridized carbons (Fsp3) is 0.360. The van der Waals surface area contributed by atoms with E-state index < -0.39 is 11.9 Å². The summed E-state index contributed by atoms with van der Waals surface area (Å²) in [5.74, 6) is -2.36. The van der Waals surface area contributed by atoms with Gasteiger partial charge in [-0.15, -0.1) is 0 Å². The Bertz CT molecular complexity index is 1230. The van der Waals surface area contributed by atoms with Gasteiger partial charge in [-0.3, -0.25) is 4.79 Å². The average molecular weight is 465 g/mol. The number of aromatic amines is 1. The molecule has 1 fully saturated rings. The van der Waals surface area contributed by atoms with Crippen LogP contribution in [0.4, 0.5) is 0 Å². The lowest BCUT2D eigenvalue weighted by atomic mass is 10.0. The summed E-state index contributed by atoms with van der Waals surface area (Å²) >= 11 is 0. The van der Waals surface area contributed by atoms with Gasteiger partial charge in [-0.05, 0) is 25.8 Å². The Balaban J connectivity index is 0.000000297. The van der Waals surface area contributed by atoms with Crippen molar-refractivity contribution in [3.63, 3.8) is 0 Å². The molecule has 0 radical (unpaired) electrons. The summed E-state index contributed by atoms with van der Waals surface area (Å²) in [5.41, 5.74) is 5.40. The van der Waals surface area contributed by atoms with E-state index in [1.165, 1.54) is 36.9 Å². The number of carboxylic acid groups (broad SMARTS) is 2. The molecule has 9 nitrogen and oxygen atoms in total. The number of imidazole rings is 1. The van der Waals surface area contributed by atoms with Crippen molar-refractivity contribution in [1.82, 2.24) is 19.4 Å². The van der Waals surface area contributed by atoms with Crippen LogP contribution >= 0.6 is 0 Å². The highest BCUT2D eigenvalue weighted by molar-refractivity contribution is 6.09. The quantitative estimate of drug-likeness (QED) is 0.494. The highest BCUT2D eigenvalue weighted by Crippen LogP contribution is 2.39. The van der Waals surface area contributed by atoms with Gasteiger partial charge in [0.15, 0.2) is 0 Å². The van der Waals surface area contributed by atoms with Crippen LogP contribution in [0.25, 0.3) is 10.9 Å². The van der Waals surface area contributed by atoms with E-state index in [1.807, 2.05) is 17.9 Å². The summed E-state index contributed by atoms with van der Waals surface area (Å²) in [6, 6.07) is 8.99. The largest absolute Gasteiger partial charge is 0.478 e. The number of carboxylic acids is 2. The zero-order valence-electron chi connectivity index (χ0n) is 19.0. The monoisotopic (exact) mass is 464 g/mol. The Morgan fingerprint density at radius 2 is 1.82 bits per heavy atom. The van der Waals surface area contributed by atoms with Crippen LogP contribution in [-0.2, 0) is 22.6 Å². The molecule has 178 valence electrons. The second-order valence-corrected chi connectivity index (χ2v) is 8.61. The number of nitrogens with one attached hydrogen (secondary N) is 1. The minimum Gasteiger partial charge on any atom is -0.478 e. The Hall–Kier alpha value is -3.88. The van der Waals surface area contributed by atoms with E-state index in [0.717, 1.165) is 35.3 Å². The first-order valence-electron chi connectivity index (χ1n) is 11.4. The minimum absolute atomic E-state index is 0.154. The lowest BCUT2D eigenvalue weighted by molar-refractivity contribution is -0.134. The topological polar surface area (TPSA) is 129 Å². The number of nitrogens with zero attached hydrogens (tertiary/aromatic N) is 3. The Kier molecular flexibility index (Phi) is 6.81. The van der Waals surface area contributed by atoms with Crippen LogP contribution < -0.4 is 0 Å². The van der Waals surface area contributed by atoms with Gasteiger partial charge in [-0.1, -0.05) is 31.0 Å². The van der Waals surface area contributed by atoms with Crippen LogP contribution in [0, 0.1) is 6.92 Å². The first kappa shape index (κ1) is 23.3. The number of aromatic nitrogens is 3. The van der Waals surface area contributed by atoms with Gasteiger partial charge in [-0.2, -0.15) is 0 Å². The van der Waals surface area contributed by atoms with Crippen LogP contribution in [0.5, 0.6) is 0 Å². The van der Waals surface area contributed by atoms with Crippen molar-refractivity contribution in [2.24, 2.45) is 0 Å². The van der Waals surface area contributed by atoms with E-state index >= 15 is 0 Å². The Labute approximate surface area is 196 Å². The normalized spacial score (nSPS) is 16.0. The molecule has 0 spiro atoms. The molecule has 0 unspecified atom stereocenters. The van der Waals surface area contributed by atoms with Gasteiger partial charge >= 0.3 is 11.9 Å². The molecule has 3 N–H and O–H groups in total. The number of fused-ring (bicyclic) bond motifs is 3. The molecule has 0 bridgehead atoms. The number of rotatable bonds is 5. The lowest BCUT2D eigenvalue weighted by Gasteiger charge is -2.29. The van der Waals surface area contributed by atoms with Crippen molar-refractivity contribution in [1.29, 1.82) is 0 Å². The molecule has 2 aliphatic rings. The number of para-hydroxylation sites is 1. The molecule has 5 rings (SSSR count). The summed E-state index contributed by atoms with van der Waals surface area (Å²) in [6.45, 7) is 3.35. The maximum absolute atomic E-state index is 13.4. The van der Waals surface area contributed by atoms with Gasteiger partial charge in [0.05, 0.1) is 24.1 Å². The number of benzene rings is 1. The fourth-order valence-electron chi connectivity index (χ4n) is 4.90. The Morgan fingerprint density at radius 1 is 1.15 bits per heavy atom. The molecule has 2 aromatic heterocycles. The molecule has 34 heavy (non-hydrogen) atoms. The molecule has 9 heteroatoms. The standard InChI is InChI=1S/C21H24N4O.C4H4O4/c1-14-17(23-13-22-14)12-24-11-10-19-20(21(24)26)16-8-4-5-9-18(16)25(19)15-6-2-3-7-15;5-3(6)1-2-4(7)8/h4-5,8-9,13,15H,2-3,6-7,10-12H2,1H3,(H,22,23);1-2H,(H,5,6)(H,7,8)/b;2-1-. The van der Waals surface area contributed by atoms with Crippen LogP contribution in [0.3, 0.4) is 0 Å². The van der Waals surface area contributed by atoms with E-state index in [9.17, 15) is 14.4 Å². The van der Waals surface area contributed by atoms with Crippen molar-refractivity contribution < 1.29 is 24.6 Å². The third-order valence-electron chi connectivity index (χ3n) is 6.47. The van der Waals surface area contributed by atoms with Crippen molar-refractivity contribution in [3.8, 4) is 0 Å². The second kappa shape index (κ2) is 9.94. The number of hydrogen-bond donors (Lipinski definition) is 3. The van der Waals surface area contributed by atoms with Crippen LogP contribution in [0.1, 0.15) is 59.2 Å². The third-order valence-corrected chi connectivity index (χ3v) is 6.47. The molecule has 1 amide bonds. The van der Waals surface area contributed by atoms with Crippen molar-refractivity contribution in [3.05, 3.63) is 65.4 Å². The highest BCUT2D eigenvalue weighted by atomic mass is 16.4. The number of carbonyl (C=O) groups is 3. The summed E-state index contributed by atoms with van der Waals surface area (Å²) in [5, 5.41) is 16.7. The van der Waals surface area contributed by atoms with Crippen LogP contribution in [0.15, 0.2) is 42.7 Å². The molecule has 0 saturated heterocycles. The van der Waals surface area contributed by atoms with Crippen molar-refractivity contribution in [2.45, 2.75) is 51.6 Å². The molecular weight excluding hydrogens is 436 g/mol. The molecule has 3 heterocycles. The van der Waals surface area contributed by atoms with Gasteiger partial charge in [-0.25, -0.2) is 14.6 Å². The summed E-state index contributed by atoms with van der Waals surface area (Å²) < 4.78 is 2.49. The third kappa shape index (κ3) is 4.73. The SMILES string of the molecule is Cc1[nH]cnc1CN1CCc2c(c3ccccc3n2C2CCCC2)C1=O.O=C(O)/C=C\C(=O)O. The molecule has 1 aliphatic carbocycles. The molecule has 1 aliphatic heterocycles. The molecule has 1 aromatic carbocycles. The summed E-state index contributed by atoms with van der Waals surface area (Å²) in [6.07, 6.45) is 8.80. The van der Waals surface area contributed by atoms with E-state index in [0.29, 0.717) is 24.7 Å². The van der Waals surface area contributed by atoms with Crippen molar-refractivity contribution >= 4 is 28.7 Å². The van der Waals surface area contributed by atoms with Gasteiger partial charge in [0.2, 0.25) is 0 Å². The van der Waals surface area contributed by atoms with E-state index in [2.05, 4.69) is 32.7 Å².